The highest BCUT2D eigenvalue weighted by Crippen LogP contribution is 2.33. The standard InChI is InChI=1S/C16H21NO2/c1-10-4-6-13-12(8-10)9-15(19-13)16(17-3)14-7-5-11(2)18-14/h4,6,8-9,11,14,16-17H,5,7H2,1-3H3. The average Bonchev–Trinajstić information content (AvgIpc) is 2.96. The molecule has 1 fully saturated rings. The maximum Gasteiger partial charge on any atom is 0.134 e. The number of fused-ring (bicyclic) bond motifs is 1. The lowest BCUT2D eigenvalue weighted by atomic mass is 10.0. The SMILES string of the molecule is CNC(c1cc2cc(C)ccc2o1)C1CCC(C)O1. The summed E-state index contributed by atoms with van der Waals surface area (Å²) in [5.41, 5.74) is 2.21. The van der Waals surface area contributed by atoms with E-state index in [-0.39, 0.29) is 12.1 Å². The van der Waals surface area contributed by atoms with Gasteiger partial charge in [0, 0.05) is 5.39 Å². The summed E-state index contributed by atoms with van der Waals surface area (Å²) in [6.07, 6.45) is 2.78. The maximum atomic E-state index is 5.98. The van der Waals surface area contributed by atoms with E-state index < -0.39 is 0 Å². The first-order chi connectivity index (χ1) is 9.17. The summed E-state index contributed by atoms with van der Waals surface area (Å²) in [6.45, 7) is 4.23. The number of hydrogen-bond acceptors (Lipinski definition) is 3. The van der Waals surface area contributed by atoms with Crippen molar-refractivity contribution >= 4 is 11.0 Å². The molecule has 102 valence electrons. The number of aryl methyl sites for hydroxylation is 1. The van der Waals surface area contributed by atoms with E-state index in [0.29, 0.717) is 6.10 Å². The van der Waals surface area contributed by atoms with Crippen LogP contribution in [0.2, 0.25) is 0 Å². The molecular weight excluding hydrogens is 238 g/mol. The van der Waals surface area contributed by atoms with Crippen molar-refractivity contribution in [2.45, 2.75) is 44.9 Å². The fourth-order valence-electron chi connectivity index (χ4n) is 2.93. The van der Waals surface area contributed by atoms with Gasteiger partial charge < -0.3 is 14.5 Å². The zero-order chi connectivity index (χ0) is 13.4. The molecule has 0 amide bonds. The summed E-state index contributed by atoms with van der Waals surface area (Å²) >= 11 is 0. The molecule has 0 spiro atoms. The molecule has 0 aliphatic carbocycles. The van der Waals surface area contributed by atoms with Crippen LogP contribution in [-0.2, 0) is 4.74 Å². The van der Waals surface area contributed by atoms with E-state index in [1.54, 1.807) is 0 Å². The molecule has 1 saturated heterocycles. The Balaban J connectivity index is 1.92. The van der Waals surface area contributed by atoms with Crippen LogP contribution in [0.5, 0.6) is 0 Å². The smallest absolute Gasteiger partial charge is 0.134 e. The Kier molecular flexibility index (Phi) is 3.33. The third-order valence-electron chi connectivity index (χ3n) is 3.94. The Morgan fingerprint density at radius 3 is 2.79 bits per heavy atom. The van der Waals surface area contributed by atoms with Crippen molar-refractivity contribution in [1.82, 2.24) is 5.32 Å². The summed E-state index contributed by atoms with van der Waals surface area (Å²) in [4.78, 5) is 0. The second-order valence-corrected chi connectivity index (χ2v) is 5.52. The molecule has 1 N–H and O–H groups in total. The second kappa shape index (κ2) is 4.99. The maximum absolute atomic E-state index is 5.98. The van der Waals surface area contributed by atoms with Gasteiger partial charge in [-0.2, -0.15) is 0 Å². The molecule has 1 aromatic heterocycles. The van der Waals surface area contributed by atoms with Gasteiger partial charge in [-0.15, -0.1) is 0 Å². The van der Waals surface area contributed by atoms with Crippen LogP contribution in [0, 0.1) is 6.92 Å². The molecule has 1 aliphatic heterocycles. The lowest BCUT2D eigenvalue weighted by Crippen LogP contribution is -2.29. The van der Waals surface area contributed by atoms with Gasteiger partial charge in [0.25, 0.3) is 0 Å². The first kappa shape index (κ1) is 12.7. The topological polar surface area (TPSA) is 34.4 Å². The van der Waals surface area contributed by atoms with Crippen LogP contribution in [0.4, 0.5) is 0 Å². The van der Waals surface area contributed by atoms with Crippen molar-refractivity contribution in [3.8, 4) is 0 Å². The largest absolute Gasteiger partial charge is 0.459 e. The van der Waals surface area contributed by atoms with E-state index in [2.05, 4.69) is 37.4 Å². The third kappa shape index (κ3) is 2.40. The molecule has 19 heavy (non-hydrogen) atoms. The Morgan fingerprint density at radius 1 is 1.26 bits per heavy atom. The number of hydrogen-bond donors (Lipinski definition) is 1. The molecule has 0 bridgehead atoms. The monoisotopic (exact) mass is 259 g/mol. The van der Waals surface area contributed by atoms with Crippen molar-refractivity contribution in [2.24, 2.45) is 0 Å². The highest BCUT2D eigenvalue weighted by Gasteiger charge is 2.31. The Morgan fingerprint density at radius 2 is 2.11 bits per heavy atom. The predicted octanol–water partition coefficient (Wildman–Crippen LogP) is 3.57. The van der Waals surface area contributed by atoms with Crippen molar-refractivity contribution in [1.29, 1.82) is 0 Å². The molecule has 0 saturated carbocycles. The van der Waals surface area contributed by atoms with Gasteiger partial charge in [-0.3, -0.25) is 0 Å². The quantitative estimate of drug-likeness (QED) is 0.915. The predicted molar refractivity (Wildman–Crippen MR) is 76.3 cm³/mol. The van der Waals surface area contributed by atoms with E-state index in [0.717, 1.165) is 24.2 Å². The summed E-state index contributed by atoms with van der Waals surface area (Å²) in [7, 11) is 1.97. The Bertz CT molecular complexity index is 575. The summed E-state index contributed by atoms with van der Waals surface area (Å²) in [5, 5.41) is 4.51. The van der Waals surface area contributed by atoms with Crippen LogP contribution >= 0.6 is 0 Å². The molecular formula is C16H21NO2. The van der Waals surface area contributed by atoms with E-state index in [1.165, 1.54) is 10.9 Å². The minimum atomic E-state index is 0.137. The van der Waals surface area contributed by atoms with Crippen molar-refractivity contribution in [3.63, 3.8) is 0 Å². The van der Waals surface area contributed by atoms with Crippen LogP contribution in [0.1, 0.15) is 37.1 Å². The minimum absolute atomic E-state index is 0.137. The third-order valence-corrected chi connectivity index (χ3v) is 3.94. The normalized spacial score (nSPS) is 25.0. The fraction of sp³-hybridized carbons (Fsp3) is 0.500. The zero-order valence-corrected chi connectivity index (χ0v) is 11.8. The number of benzene rings is 1. The second-order valence-electron chi connectivity index (χ2n) is 5.52. The van der Waals surface area contributed by atoms with Gasteiger partial charge in [0.1, 0.15) is 11.3 Å². The number of furan rings is 1. The summed E-state index contributed by atoms with van der Waals surface area (Å²) in [5.74, 6) is 0.974. The first-order valence-electron chi connectivity index (χ1n) is 7.00. The number of rotatable bonds is 3. The van der Waals surface area contributed by atoms with Gasteiger partial charge in [-0.05, 0) is 51.9 Å². The molecule has 3 atom stereocenters. The molecule has 3 rings (SSSR count). The Labute approximate surface area is 113 Å². The highest BCUT2D eigenvalue weighted by molar-refractivity contribution is 5.78. The van der Waals surface area contributed by atoms with Gasteiger partial charge in [0.05, 0.1) is 18.2 Å². The first-order valence-corrected chi connectivity index (χ1v) is 7.00. The molecule has 3 heteroatoms. The molecule has 2 aromatic rings. The van der Waals surface area contributed by atoms with Gasteiger partial charge in [0.2, 0.25) is 0 Å². The van der Waals surface area contributed by atoms with Crippen molar-refractivity contribution in [2.75, 3.05) is 7.05 Å². The average molecular weight is 259 g/mol. The molecule has 0 radical (unpaired) electrons. The van der Waals surface area contributed by atoms with Crippen LogP contribution in [0.3, 0.4) is 0 Å². The van der Waals surface area contributed by atoms with Gasteiger partial charge >= 0.3 is 0 Å². The molecule has 1 aromatic carbocycles. The summed E-state index contributed by atoms with van der Waals surface area (Å²) in [6, 6.07) is 8.55. The van der Waals surface area contributed by atoms with E-state index in [1.807, 2.05) is 13.1 Å². The zero-order valence-electron chi connectivity index (χ0n) is 11.8. The van der Waals surface area contributed by atoms with Gasteiger partial charge in [0.15, 0.2) is 0 Å². The highest BCUT2D eigenvalue weighted by atomic mass is 16.5. The fourth-order valence-corrected chi connectivity index (χ4v) is 2.93. The number of nitrogens with one attached hydrogen (secondary N) is 1. The van der Waals surface area contributed by atoms with Gasteiger partial charge in [-0.1, -0.05) is 11.6 Å². The lowest BCUT2D eigenvalue weighted by molar-refractivity contribution is 0.0289. The van der Waals surface area contributed by atoms with Crippen molar-refractivity contribution < 1.29 is 9.15 Å². The van der Waals surface area contributed by atoms with Crippen LogP contribution in [0.15, 0.2) is 28.7 Å². The molecule has 1 aliphatic rings. The number of likely N-dealkylation sites (N-methyl/N-ethyl adjacent to an activating group) is 1. The van der Waals surface area contributed by atoms with Crippen LogP contribution < -0.4 is 5.32 Å². The van der Waals surface area contributed by atoms with Crippen molar-refractivity contribution in [3.05, 3.63) is 35.6 Å². The number of ether oxygens (including phenoxy) is 1. The Hall–Kier alpha value is -1.32. The molecule has 3 nitrogen and oxygen atoms in total. The van der Waals surface area contributed by atoms with Crippen LogP contribution in [0.25, 0.3) is 11.0 Å². The molecule has 3 unspecified atom stereocenters. The minimum Gasteiger partial charge on any atom is -0.459 e. The van der Waals surface area contributed by atoms with Gasteiger partial charge in [-0.25, -0.2) is 0 Å². The van der Waals surface area contributed by atoms with Crippen LogP contribution in [-0.4, -0.2) is 19.3 Å². The van der Waals surface area contributed by atoms with E-state index in [9.17, 15) is 0 Å². The van der Waals surface area contributed by atoms with E-state index >= 15 is 0 Å². The molecule has 2 heterocycles. The lowest BCUT2D eigenvalue weighted by Gasteiger charge is -2.20. The van der Waals surface area contributed by atoms with E-state index in [4.69, 9.17) is 9.15 Å². The summed E-state index contributed by atoms with van der Waals surface area (Å²) < 4.78 is 11.9.